The van der Waals surface area contributed by atoms with Gasteiger partial charge in [0.25, 0.3) is 14.2 Å². The number of amides is 2. The normalized spacial score (nSPS) is 17.6. The Bertz CT molecular complexity index is 1480. The molecule has 254 valence electrons. The van der Waals surface area contributed by atoms with E-state index >= 15 is 0 Å². The highest BCUT2D eigenvalue weighted by molar-refractivity contribution is 6.99. The number of methoxy groups -OCH3 is 1. The zero-order valence-electron chi connectivity index (χ0n) is 29.1. The molecule has 0 bridgehead atoms. The summed E-state index contributed by atoms with van der Waals surface area (Å²) in [6, 6.07) is 25.5. The lowest BCUT2D eigenvalue weighted by molar-refractivity contribution is -0.144. The molecule has 1 saturated heterocycles. The summed E-state index contributed by atoms with van der Waals surface area (Å²) in [5.74, 6) is 0.204. The second-order valence-electron chi connectivity index (χ2n) is 14.5. The average Bonchev–Trinajstić information content (AvgIpc) is 3.00. The van der Waals surface area contributed by atoms with E-state index in [1.807, 2.05) is 77.1 Å². The SMILES string of the molecule is COc1cc(Cl)ccc1C(C)(C)NC(=O)[C@@H]1CN(C(=O)OC(C)(C)C)[C@H](CO[Si](c2ccccc2)(c2ccccc2)C(C)(C)C)CO1. The fourth-order valence-corrected chi connectivity index (χ4v) is 10.9. The molecule has 8 nitrogen and oxygen atoms in total. The highest BCUT2D eigenvalue weighted by atomic mass is 35.5. The Hall–Kier alpha value is -3.37. The zero-order chi connectivity index (χ0) is 34.6. The van der Waals surface area contributed by atoms with Gasteiger partial charge in [0.2, 0.25) is 0 Å². The van der Waals surface area contributed by atoms with Gasteiger partial charge in [0, 0.05) is 10.6 Å². The van der Waals surface area contributed by atoms with Crippen molar-refractivity contribution < 1.29 is 28.2 Å². The van der Waals surface area contributed by atoms with Crippen LogP contribution in [0, 0.1) is 0 Å². The summed E-state index contributed by atoms with van der Waals surface area (Å²) in [7, 11) is -1.34. The van der Waals surface area contributed by atoms with Gasteiger partial charge < -0.3 is 24.0 Å². The molecule has 0 aromatic heterocycles. The highest BCUT2D eigenvalue weighted by Crippen LogP contribution is 2.37. The van der Waals surface area contributed by atoms with Crippen molar-refractivity contribution in [2.45, 2.75) is 83.7 Å². The summed E-state index contributed by atoms with van der Waals surface area (Å²) in [5, 5.41) is 5.64. The van der Waals surface area contributed by atoms with Crippen molar-refractivity contribution in [3.63, 3.8) is 0 Å². The number of carbonyl (C=O) groups is 2. The van der Waals surface area contributed by atoms with E-state index in [9.17, 15) is 9.59 Å². The lowest BCUT2D eigenvalue weighted by atomic mass is 9.92. The van der Waals surface area contributed by atoms with E-state index in [1.54, 1.807) is 24.1 Å². The monoisotopic (exact) mass is 680 g/mol. The van der Waals surface area contributed by atoms with Gasteiger partial charge in [-0.15, -0.1) is 0 Å². The number of carbonyl (C=O) groups excluding carboxylic acids is 2. The van der Waals surface area contributed by atoms with Gasteiger partial charge >= 0.3 is 6.09 Å². The van der Waals surface area contributed by atoms with E-state index in [4.69, 9.17) is 30.2 Å². The molecule has 0 spiro atoms. The van der Waals surface area contributed by atoms with E-state index in [0.29, 0.717) is 10.8 Å². The van der Waals surface area contributed by atoms with Gasteiger partial charge in [-0.25, -0.2) is 4.79 Å². The standard InChI is InChI=1S/C37H49ClN2O6Si/c1-35(2,3)46-34(42)40-23-32(33(41)39-37(7,8)30-21-20-26(38)22-31(30)43-9)44-24-27(40)25-45-47(36(4,5)6,28-16-12-10-13-17-28)29-18-14-11-15-19-29/h10-22,27,32H,23-25H2,1-9H3,(H,39,41)/t27-,32-/m0/s1. The van der Waals surface area contributed by atoms with Crippen LogP contribution in [0.15, 0.2) is 78.9 Å². The van der Waals surface area contributed by atoms with Gasteiger partial charge in [-0.05, 0) is 62.2 Å². The molecule has 1 aliphatic rings. The maximum absolute atomic E-state index is 13.7. The van der Waals surface area contributed by atoms with Crippen LogP contribution in [0.1, 0.15) is 61.0 Å². The first-order valence-corrected chi connectivity index (χ1v) is 18.3. The van der Waals surface area contributed by atoms with Crippen molar-refractivity contribution in [2.24, 2.45) is 0 Å². The molecule has 0 radical (unpaired) electrons. The van der Waals surface area contributed by atoms with Crippen molar-refractivity contribution in [1.29, 1.82) is 0 Å². The largest absolute Gasteiger partial charge is 0.496 e. The molecule has 0 aliphatic carbocycles. The topological polar surface area (TPSA) is 86.3 Å². The quantitative estimate of drug-likeness (QED) is 0.268. The predicted molar refractivity (Wildman–Crippen MR) is 189 cm³/mol. The number of nitrogens with one attached hydrogen (secondary N) is 1. The van der Waals surface area contributed by atoms with E-state index in [-0.39, 0.29) is 30.7 Å². The van der Waals surface area contributed by atoms with Crippen LogP contribution >= 0.6 is 11.6 Å². The third-order valence-electron chi connectivity index (χ3n) is 8.40. The molecule has 0 unspecified atom stereocenters. The molecule has 1 aliphatic heterocycles. The Morgan fingerprint density at radius 1 is 0.915 bits per heavy atom. The molecule has 3 aromatic rings. The minimum absolute atomic E-state index is 0.00333. The summed E-state index contributed by atoms with van der Waals surface area (Å²) >= 11 is 6.18. The van der Waals surface area contributed by atoms with Gasteiger partial charge in [-0.2, -0.15) is 0 Å². The maximum Gasteiger partial charge on any atom is 0.410 e. The molecule has 1 heterocycles. The van der Waals surface area contributed by atoms with Crippen LogP contribution in [0.25, 0.3) is 0 Å². The third kappa shape index (κ3) is 8.38. The average molecular weight is 681 g/mol. The minimum atomic E-state index is -2.90. The number of halogens is 1. The van der Waals surface area contributed by atoms with Crippen LogP contribution < -0.4 is 20.4 Å². The van der Waals surface area contributed by atoms with Gasteiger partial charge in [0.15, 0.2) is 6.10 Å². The summed E-state index contributed by atoms with van der Waals surface area (Å²) < 4.78 is 24.8. The fourth-order valence-electron chi connectivity index (χ4n) is 6.16. The Morgan fingerprint density at radius 2 is 1.49 bits per heavy atom. The summed E-state index contributed by atoms with van der Waals surface area (Å²) in [6.07, 6.45) is -1.45. The number of nitrogens with zero attached hydrogens (tertiary/aromatic N) is 1. The molecular formula is C37H49ClN2O6Si. The molecule has 4 rings (SSSR count). The number of morpholine rings is 1. The van der Waals surface area contributed by atoms with Gasteiger partial charge in [-0.1, -0.05) is 99.1 Å². The molecule has 0 saturated carbocycles. The van der Waals surface area contributed by atoms with Gasteiger partial charge in [0.05, 0.1) is 38.4 Å². The van der Waals surface area contributed by atoms with Gasteiger partial charge in [0.1, 0.15) is 11.4 Å². The first kappa shape index (κ1) is 36.5. The van der Waals surface area contributed by atoms with E-state index in [2.05, 4.69) is 50.4 Å². The Morgan fingerprint density at radius 3 is 2.00 bits per heavy atom. The first-order valence-electron chi connectivity index (χ1n) is 16.0. The number of rotatable bonds is 9. The summed E-state index contributed by atoms with van der Waals surface area (Å²) in [5.41, 5.74) is -0.797. The Balaban J connectivity index is 1.62. The van der Waals surface area contributed by atoms with E-state index in [1.165, 1.54) is 0 Å². The maximum atomic E-state index is 13.7. The molecule has 1 fully saturated rings. The van der Waals surface area contributed by atoms with Crippen LogP contribution in [0.2, 0.25) is 10.1 Å². The van der Waals surface area contributed by atoms with Crippen LogP contribution in [0.3, 0.4) is 0 Å². The number of ether oxygens (including phenoxy) is 3. The molecule has 1 N–H and O–H groups in total. The van der Waals surface area contributed by atoms with Crippen molar-refractivity contribution in [3.05, 3.63) is 89.4 Å². The van der Waals surface area contributed by atoms with E-state index in [0.717, 1.165) is 15.9 Å². The Kier molecular flexibility index (Phi) is 11.2. The van der Waals surface area contributed by atoms with Crippen molar-refractivity contribution >= 4 is 42.3 Å². The van der Waals surface area contributed by atoms with Gasteiger partial charge in [-0.3, -0.25) is 9.69 Å². The molecule has 10 heteroatoms. The van der Waals surface area contributed by atoms with Crippen LogP contribution in [0.4, 0.5) is 4.79 Å². The zero-order valence-corrected chi connectivity index (χ0v) is 30.8. The number of hydrogen-bond acceptors (Lipinski definition) is 6. The fraction of sp³-hybridized carbons (Fsp3) is 0.459. The second-order valence-corrected chi connectivity index (χ2v) is 19.3. The number of hydrogen-bond donors (Lipinski definition) is 1. The van der Waals surface area contributed by atoms with Crippen molar-refractivity contribution in [1.82, 2.24) is 10.2 Å². The van der Waals surface area contributed by atoms with Crippen LogP contribution in [0.5, 0.6) is 5.75 Å². The molecule has 2 atom stereocenters. The summed E-state index contributed by atoms with van der Waals surface area (Å²) in [4.78, 5) is 29.0. The molecule has 47 heavy (non-hydrogen) atoms. The first-order chi connectivity index (χ1) is 22.0. The lowest BCUT2D eigenvalue weighted by Crippen LogP contribution is -2.68. The van der Waals surface area contributed by atoms with Crippen molar-refractivity contribution in [3.8, 4) is 5.75 Å². The predicted octanol–water partition coefficient (Wildman–Crippen LogP) is 6.28. The highest BCUT2D eigenvalue weighted by Gasteiger charge is 2.51. The van der Waals surface area contributed by atoms with E-state index < -0.39 is 37.7 Å². The smallest absolute Gasteiger partial charge is 0.410 e. The second kappa shape index (κ2) is 14.4. The van der Waals surface area contributed by atoms with Crippen LogP contribution in [-0.4, -0.2) is 69.8 Å². The van der Waals surface area contributed by atoms with Crippen LogP contribution in [-0.2, 0) is 24.2 Å². The number of benzene rings is 3. The minimum Gasteiger partial charge on any atom is -0.496 e. The van der Waals surface area contributed by atoms with Crippen molar-refractivity contribution in [2.75, 3.05) is 26.9 Å². The Labute approximate surface area is 285 Å². The summed E-state index contributed by atoms with van der Waals surface area (Å²) in [6.45, 7) is 16.2. The third-order valence-corrected chi connectivity index (χ3v) is 13.6. The molecular weight excluding hydrogens is 632 g/mol. The molecule has 2 amide bonds. The molecule has 3 aromatic carbocycles. The lowest BCUT2D eigenvalue weighted by Gasteiger charge is -2.46.